The molecule has 32 heavy (non-hydrogen) atoms. The fourth-order valence-electron chi connectivity index (χ4n) is 3.83. The lowest BCUT2D eigenvalue weighted by molar-refractivity contribution is 0.415. The van der Waals surface area contributed by atoms with Gasteiger partial charge in [0, 0.05) is 23.7 Å². The van der Waals surface area contributed by atoms with Crippen LogP contribution in [0.4, 0.5) is 11.5 Å². The van der Waals surface area contributed by atoms with Crippen LogP contribution in [0.3, 0.4) is 0 Å². The molecule has 0 unspecified atom stereocenters. The first-order valence-corrected chi connectivity index (χ1v) is 10.2. The van der Waals surface area contributed by atoms with E-state index in [1.165, 1.54) is 0 Å². The average molecular weight is 419 g/mol. The van der Waals surface area contributed by atoms with E-state index < -0.39 is 0 Å². The summed E-state index contributed by atoms with van der Waals surface area (Å²) in [4.78, 5) is 6.88. The summed E-state index contributed by atoms with van der Waals surface area (Å²) in [5.74, 6) is 8.28. The molecule has 0 N–H and O–H groups in total. The van der Waals surface area contributed by atoms with E-state index in [2.05, 4.69) is 75.5 Å². The van der Waals surface area contributed by atoms with Crippen LogP contribution in [0, 0.1) is 11.8 Å². The van der Waals surface area contributed by atoms with Crippen LogP contribution in [-0.4, -0.2) is 33.7 Å². The Morgan fingerprint density at radius 3 is 2.59 bits per heavy atom. The maximum absolute atomic E-state index is 5.28. The molecule has 6 nitrogen and oxygen atoms in total. The standard InChI is InChI=1S/C26H21N5O/c1-4-6-18-9-14-23-24(15-18)31-17-27-29-26(31)28-25(23)30(2)21-8-5-7-20(16-21)19-10-12-22(32-3)13-11-19/h5,7-17H,1-3H3. The highest BCUT2D eigenvalue weighted by atomic mass is 16.5. The Morgan fingerprint density at radius 1 is 0.969 bits per heavy atom. The monoisotopic (exact) mass is 419 g/mol. The highest BCUT2D eigenvalue weighted by Crippen LogP contribution is 2.33. The van der Waals surface area contributed by atoms with Crippen molar-refractivity contribution >= 4 is 28.2 Å². The van der Waals surface area contributed by atoms with Crippen molar-refractivity contribution in [1.82, 2.24) is 19.6 Å². The lowest BCUT2D eigenvalue weighted by Crippen LogP contribution is -2.13. The highest BCUT2D eigenvalue weighted by Gasteiger charge is 2.15. The molecule has 5 aromatic rings. The third-order valence-electron chi connectivity index (χ3n) is 5.48. The number of hydrogen-bond donors (Lipinski definition) is 0. The molecule has 0 fully saturated rings. The number of ether oxygens (including phenoxy) is 1. The van der Waals surface area contributed by atoms with Crippen molar-refractivity contribution in [2.45, 2.75) is 6.92 Å². The van der Waals surface area contributed by atoms with Crippen molar-refractivity contribution in [1.29, 1.82) is 0 Å². The third kappa shape index (κ3) is 3.40. The molecule has 0 aliphatic heterocycles. The summed E-state index contributed by atoms with van der Waals surface area (Å²) < 4.78 is 7.17. The number of methoxy groups -OCH3 is 1. The lowest BCUT2D eigenvalue weighted by atomic mass is 10.0. The summed E-state index contributed by atoms with van der Waals surface area (Å²) in [6.45, 7) is 1.83. The van der Waals surface area contributed by atoms with Gasteiger partial charge in [-0.25, -0.2) is 0 Å². The molecule has 0 saturated carbocycles. The lowest BCUT2D eigenvalue weighted by Gasteiger charge is -2.21. The van der Waals surface area contributed by atoms with E-state index in [-0.39, 0.29) is 0 Å². The minimum absolute atomic E-state index is 0.548. The van der Waals surface area contributed by atoms with E-state index in [1.54, 1.807) is 13.4 Å². The van der Waals surface area contributed by atoms with E-state index in [0.717, 1.165) is 44.8 Å². The molecule has 0 aliphatic rings. The van der Waals surface area contributed by atoms with Gasteiger partial charge in [-0.2, -0.15) is 4.98 Å². The molecule has 0 bridgehead atoms. The van der Waals surface area contributed by atoms with E-state index >= 15 is 0 Å². The Morgan fingerprint density at radius 2 is 1.81 bits per heavy atom. The predicted octanol–water partition coefficient (Wildman–Crippen LogP) is 5.09. The Kier molecular flexibility index (Phi) is 4.92. The molecule has 156 valence electrons. The first-order valence-electron chi connectivity index (χ1n) is 10.2. The molecule has 6 heteroatoms. The van der Waals surface area contributed by atoms with Gasteiger partial charge >= 0.3 is 0 Å². The maximum atomic E-state index is 5.28. The molecule has 5 rings (SSSR count). The Bertz CT molecular complexity index is 1490. The smallest absolute Gasteiger partial charge is 0.257 e. The second-order valence-corrected chi connectivity index (χ2v) is 7.38. The molecule has 0 atom stereocenters. The number of fused-ring (bicyclic) bond motifs is 3. The number of nitrogens with zero attached hydrogens (tertiary/aromatic N) is 5. The van der Waals surface area contributed by atoms with Crippen LogP contribution in [0.5, 0.6) is 5.75 Å². The van der Waals surface area contributed by atoms with Gasteiger partial charge in [0.2, 0.25) is 0 Å². The van der Waals surface area contributed by atoms with Crippen LogP contribution in [0.15, 0.2) is 73.1 Å². The molecule has 3 aromatic carbocycles. The van der Waals surface area contributed by atoms with E-state index in [9.17, 15) is 0 Å². The molecule has 0 spiro atoms. The van der Waals surface area contributed by atoms with Gasteiger partial charge in [0.15, 0.2) is 0 Å². The molecule has 2 aromatic heterocycles. The first-order chi connectivity index (χ1) is 15.7. The summed E-state index contributed by atoms with van der Waals surface area (Å²) in [5.41, 5.74) is 5.16. The molecule has 0 aliphatic carbocycles. The largest absolute Gasteiger partial charge is 0.497 e. The van der Waals surface area contributed by atoms with Crippen LogP contribution in [0.1, 0.15) is 12.5 Å². The van der Waals surface area contributed by atoms with Crippen LogP contribution < -0.4 is 9.64 Å². The van der Waals surface area contributed by atoms with Crippen LogP contribution >= 0.6 is 0 Å². The SMILES string of the molecule is CC#Cc1ccc2c(N(C)c3cccc(-c4ccc(OC)cc4)c3)nc3nncn3c2c1. The second-order valence-electron chi connectivity index (χ2n) is 7.38. The van der Waals surface area contributed by atoms with Gasteiger partial charge in [-0.1, -0.05) is 30.2 Å². The van der Waals surface area contributed by atoms with Gasteiger partial charge in [-0.05, 0) is 60.5 Å². The number of benzene rings is 3. The van der Waals surface area contributed by atoms with Gasteiger partial charge in [0.1, 0.15) is 17.9 Å². The van der Waals surface area contributed by atoms with Crippen LogP contribution in [-0.2, 0) is 0 Å². The van der Waals surface area contributed by atoms with Crippen molar-refractivity contribution < 1.29 is 4.74 Å². The fourth-order valence-corrected chi connectivity index (χ4v) is 3.83. The number of hydrogen-bond acceptors (Lipinski definition) is 5. The van der Waals surface area contributed by atoms with Gasteiger partial charge in [0.05, 0.1) is 12.6 Å². The van der Waals surface area contributed by atoms with E-state index in [0.29, 0.717) is 5.78 Å². The van der Waals surface area contributed by atoms with E-state index in [1.807, 2.05) is 36.6 Å². The highest BCUT2D eigenvalue weighted by molar-refractivity contribution is 5.94. The zero-order valence-corrected chi connectivity index (χ0v) is 18.1. The first kappa shape index (κ1) is 19.6. The molecular weight excluding hydrogens is 398 g/mol. The molecule has 0 amide bonds. The summed E-state index contributed by atoms with van der Waals surface area (Å²) in [6.07, 6.45) is 1.68. The van der Waals surface area contributed by atoms with Gasteiger partial charge in [-0.15, -0.1) is 16.1 Å². The third-order valence-corrected chi connectivity index (χ3v) is 5.48. The van der Waals surface area contributed by atoms with Crippen molar-refractivity contribution in [3.63, 3.8) is 0 Å². The van der Waals surface area contributed by atoms with Crippen molar-refractivity contribution in [3.05, 3.63) is 78.6 Å². The zero-order chi connectivity index (χ0) is 22.1. The minimum Gasteiger partial charge on any atom is -0.497 e. The molecular formula is C26H21N5O. The zero-order valence-electron chi connectivity index (χ0n) is 18.1. The predicted molar refractivity (Wildman–Crippen MR) is 127 cm³/mol. The summed E-state index contributed by atoms with van der Waals surface area (Å²) in [5, 5.41) is 9.24. The number of anilines is 2. The minimum atomic E-state index is 0.548. The van der Waals surface area contributed by atoms with Crippen LogP contribution in [0.25, 0.3) is 27.8 Å². The van der Waals surface area contributed by atoms with E-state index in [4.69, 9.17) is 9.72 Å². The van der Waals surface area contributed by atoms with Gasteiger partial charge in [-0.3, -0.25) is 4.40 Å². The average Bonchev–Trinajstić information content (AvgIpc) is 3.32. The Balaban J connectivity index is 1.62. The quantitative estimate of drug-likeness (QED) is 0.380. The van der Waals surface area contributed by atoms with Crippen molar-refractivity contribution in [2.75, 3.05) is 19.1 Å². The fraction of sp³-hybridized carbons (Fsp3) is 0.115. The Hall–Kier alpha value is -4.37. The number of aromatic nitrogens is 4. The van der Waals surface area contributed by atoms with Gasteiger partial charge in [0.25, 0.3) is 5.78 Å². The molecule has 0 radical (unpaired) electrons. The van der Waals surface area contributed by atoms with Crippen molar-refractivity contribution in [3.8, 4) is 28.7 Å². The summed E-state index contributed by atoms with van der Waals surface area (Å²) in [7, 11) is 3.69. The second kappa shape index (κ2) is 8.05. The van der Waals surface area contributed by atoms with Crippen molar-refractivity contribution in [2.24, 2.45) is 0 Å². The summed E-state index contributed by atoms with van der Waals surface area (Å²) in [6, 6.07) is 22.6. The normalized spacial score (nSPS) is 10.7. The number of rotatable bonds is 4. The topological polar surface area (TPSA) is 55.5 Å². The summed E-state index contributed by atoms with van der Waals surface area (Å²) >= 11 is 0. The molecule has 2 heterocycles. The van der Waals surface area contributed by atoms with Crippen LogP contribution in [0.2, 0.25) is 0 Å². The maximum Gasteiger partial charge on any atom is 0.257 e. The molecule has 0 saturated heterocycles. The Labute approximate surface area is 186 Å². The van der Waals surface area contributed by atoms with Gasteiger partial charge < -0.3 is 9.64 Å².